The first kappa shape index (κ1) is 23.3. The van der Waals surface area contributed by atoms with Gasteiger partial charge in [-0.1, -0.05) is 103 Å². The Hall–Kier alpha value is -5.41. The van der Waals surface area contributed by atoms with Gasteiger partial charge >= 0.3 is 0 Å². The first-order valence-electron chi connectivity index (χ1n) is 14.6. The third-order valence-corrected chi connectivity index (χ3v) is 8.84. The summed E-state index contributed by atoms with van der Waals surface area (Å²) in [4.78, 5) is 5.33. The van der Waals surface area contributed by atoms with Crippen LogP contribution in [0.5, 0.6) is 0 Å². The highest BCUT2D eigenvalue weighted by Gasteiger charge is 2.31. The Morgan fingerprint density at radius 3 is 2.02 bits per heavy atom. The monoisotopic (exact) mass is 537 g/mol. The second-order valence-electron chi connectivity index (χ2n) is 11.1. The molecule has 0 spiro atoms. The Morgan fingerprint density at radius 1 is 0.500 bits per heavy atom. The SMILES string of the molecule is c1ccc(-n2c3c(c4ccccc42)CCc2c-3c3ccccc3n2-c2cccc(-c3cccc4ccccc34)n2)cc1. The molecule has 198 valence electrons. The number of hydrogen-bond acceptors (Lipinski definition) is 1. The summed E-state index contributed by atoms with van der Waals surface area (Å²) in [5.41, 5.74) is 11.2. The molecule has 0 unspecified atom stereocenters. The summed E-state index contributed by atoms with van der Waals surface area (Å²) >= 11 is 0. The Labute approximate surface area is 243 Å². The van der Waals surface area contributed by atoms with Crippen molar-refractivity contribution in [1.29, 1.82) is 0 Å². The summed E-state index contributed by atoms with van der Waals surface area (Å²) in [6.45, 7) is 0. The first-order valence-corrected chi connectivity index (χ1v) is 14.6. The minimum absolute atomic E-state index is 0.958. The second-order valence-corrected chi connectivity index (χ2v) is 11.1. The number of fused-ring (bicyclic) bond motifs is 8. The molecule has 1 aliphatic rings. The Balaban J connectivity index is 1.33. The molecule has 0 N–H and O–H groups in total. The van der Waals surface area contributed by atoms with Crippen molar-refractivity contribution < 1.29 is 0 Å². The third-order valence-electron chi connectivity index (χ3n) is 8.84. The summed E-state index contributed by atoms with van der Waals surface area (Å²) < 4.78 is 4.88. The van der Waals surface area contributed by atoms with E-state index in [1.54, 1.807) is 0 Å². The van der Waals surface area contributed by atoms with E-state index in [-0.39, 0.29) is 0 Å². The van der Waals surface area contributed by atoms with Gasteiger partial charge in [-0.15, -0.1) is 0 Å². The Bertz CT molecular complexity index is 2300. The highest BCUT2D eigenvalue weighted by molar-refractivity contribution is 6.05. The minimum atomic E-state index is 0.958. The van der Waals surface area contributed by atoms with Crippen LogP contribution in [-0.2, 0) is 12.8 Å². The van der Waals surface area contributed by atoms with Crippen LogP contribution in [0.2, 0.25) is 0 Å². The van der Waals surface area contributed by atoms with Crippen LogP contribution in [0, 0.1) is 0 Å². The van der Waals surface area contributed by atoms with E-state index in [1.807, 2.05) is 0 Å². The van der Waals surface area contributed by atoms with E-state index in [9.17, 15) is 0 Å². The van der Waals surface area contributed by atoms with Gasteiger partial charge in [0.1, 0.15) is 5.82 Å². The molecule has 8 aromatic rings. The van der Waals surface area contributed by atoms with E-state index in [1.165, 1.54) is 60.8 Å². The zero-order valence-corrected chi connectivity index (χ0v) is 23.0. The number of hydrogen-bond donors (Lipinski definition) is 0. The molecular formula is C39H27N3. The summed E-state index contributed by atoms with van der Waals surface area (Å²) in [6.07, 6.45) is 1.95. The first-order chi connectivity index (χ1) is 20.9. The molecule has 0 atom stereocenters. The van der Waals surface area contributed by atoms with Crippen molar-refractivity contribution in [3.05, 3.63) is 151 Å². The molecule has 0 fully saturated rings. The maximum Gasteiger partial charge on any atom is 0.138 e. The Morgan fingerprint density at radius 2 is 1.17 bits per heavy atom. The number of nitrogens with zero attached hydrogens (tertiary/aromatic N) is 3. The van der Waals surface area contributed by atoms with Crippen molar-refractivity contribution in [3.8, 4) is 34.0 Å². The number of pyridine rings is 1. The van der Waals surface area contributed by atoms with Crippen LogP contribution in [0.15, 0.2) is 140 Å². The molecule has 5 aromatic carbocycles. The van der Waals surface area contributed by atoms with E-state index in [0.717, 1.165) is 29.9 Å². The highest BCUT2D eigenvalue weighted by Crippen LogP contribution is 2.47. The third kappa shape index (κ3) is 3.31. The molecule has 0 radical (unpaired) electrons. The van der Waals surface area contributed by atoms with Crippen molar-refractivity contribution in [1.82, 2.24) is 14.1 Å². The van der Waals surface area contributed by atoms with Crippen LogP contribution in [0.4, 0.5) is 0 Å². The lowest BCUT2D eigenvalue weighted by Crippen LogP contribution is -2.10. The van der Waals surface area contributed by atoms with Gasteiger partial charge in [-0.05, 0) is 65.6 Å². The van der Waals surface area contributed by atoms with Gasteiger partial charge < -0.3 is 4.57 Å². The molecule has 42 heavy (non-hydrogen) atoms. The van der Waals surface area contributed by atoms with Crippen molar-refractivity contribution in [3.63, 3.8) is 0 Å². The molecule has 3 aromatic heterocycles. The Kier molecular flexibility index (Phi) is 5.02. The molecule has 0 aliphatic heterocycles. The minimum Gasteiger partial charge on any atom is -0.309 e. The molecule has 0 saturated heterocycles. The fourth-order valence-electron chi connectivity index (χ4n) is 7.11. The highest BCUT2D eigenvalue weighted by atomic mass is 15.1. The quantitative estimate of drug-likeness (QED) is 0.220. The van der Waals surface area contributed by atoms with E-state index < -0.39 is 0 Å². The number of benzene rings is 5. The van der Waals surface area contributed by atoms with Crippen LogP contribution in [-0.4, -0.2) is 14.1 Å². The van der Waals surface area contributed by atoms with E-state index in [2.05, 4.69) is 149 Å². The second kappa shape index (κ2) is 9.05. The van der Waals surface area contributed by atoms with Crippen molar-refractivity contribution in [2.45, 2.75) is 12.8 Å². The maximum absolute atomic E-state index is 5.33. The fraction of sp³-hybridized carbons (Fsp3) is 0.0513. The van der Waals surface area contributed by atoms with Crippen molar-refractivity contribution in [2.75, 3.05) is 0 Å². The zero-order valence-electron chi connectivity index (χ0n) is 23.0. The van der Waals surface area contributed by atoms with Crippen molar-refractivity contribution in [2.24, 2.45) is 0 Å². The molecule has 9 rings (SSSR count). The van der Waals surface area contributed by atoms with Crippen LogP contribution in [0.3, 0.4) is 0 Å². The van der Waals surface area contributed by atoms with Crippen molar-refractivity contribution >= 4 is 32.6 Å². The van der Waals surface area contributed by atoms with Gasteiger partial charge in [0.15, 0.2) is 0 Å². The van der Waals surface area contributed by atoms with Crippen LogP contribution < -0.4 is 0 Å². The summed E-state index contributed by atoms with van der Waals surface area (Å²) in [5.74, 6) is 0.962. The number of aromatic nitrogens is 3. The number of para-hydroxylation sites is 3. The van der Waals surface area contributed by atoms with Gasteiger partial charge in [0.2, 0.25) is 0 Å². The molecule has 3 heteroatoms. The standard InChI is InChI=1S/C39H27N3/c1-2-14-27(15-3-1)41-34-21-8-6-17-30(34)31-24-25-36-38(39(31)41)32-18-7-9-22-35(32)42(36)37-23-11-20-33(40-37)29-19-10-13-26-12-4-5-16-28(26)29/h1-23H,24-25H2. The fourth-order valence-corrected chi connectivity index (χ4v) is 7.11. The molecule has 0 amide bonds. The van der Waals surface area contributed by atoms with Crippen LogP contribution >= 0.6 is 0 Å². The van der Waals surface area contributed by atoms with Crippen LogP contribution in [0.1, 0.15) is 11.3 Å². The molecule has 3 nitrogen and oxygen atoms in total. The lowest BCUT2D eigenvalue weighted by atomic mass is 9.92. The smallest absolute Gasteiger partial charge is 0.138 e. The molecular weight excluding hydrogens is 510 g/mol. The lowest BCUT2D eigenvalue weighted by Gasteiger charge is -2.20. The van der Waals surface area contributed by atoms with Gasteiger partial charge in [-0.25, -0.2) is 4.98 Å². The van der Waals surface area contributed by atoms with Gasteiger partial charge in [-0.3, -0.25) is 4.57 Å². The topological polar surface area (TPSA) is 22.8 Å². The molecule has 1 aliphatic carbocycles. The summed E-state index contributed by atoms with van der Waals surface area (Å²) in [7, 11) is 0. The molecule has 3 heterocycles. The molecule has 0 saturated carbocycles. The predicted octanol–water partition coefficient (Wildman–Crippen LogP) is 9.56. The van der Waals surface area contributed by atoms with Gasteiger partial charge in [0.05, 0.1) is 22.4 Å². The van der Waals surface area contributed by atoms with E-state index in [4.69, 9.17) is 4.98 Å². The average Bonchev–Trinajstić information content (AvgIpc) is 3.58. The van der Waals surface area contributed by atoms with Gasteiger partial charge in [-0.2, -0.15) is 0 Å². The number of rotatable bonds is 3. The van der Waals surface area contributed by atoms with Gasteiger partial charge in [0.25, 0.3) is 0 Å². The average molecular weight is 538 g/mol. The largest absolute Gasteiger partial charge is 0.309 e. The normalized spacial score (nSPS) is 12.6. The van der Waals surface area contributed by atoms with E-state index in [0.29, 0.717) is 0 Å². The summed E-state index contributed by atoms with van der Waals surface area (Å²) in [5, 5.41) is 5.06. The molecule has 0 bridgehead atoms. The lowest BCUT2D eigenvalue weighted by molar-refractivity contribution is 0.850. The summed E-state index contributed by atoms with van der Waals surface area (Å²) in [6, 6.07) is 50.0. The zero-order chi connectivity index (χ0) is 27.6. The van der Waals surface area contributed by atoms with Gasteiger partial charge in [0, 0.05) is 33.3 Å². The maximum atomic E-state index is 5.33. The number of aryl methyl sites for hydroxylation is 1. The predicted molar refractivity (Wildman–Crippen MR) is 174 cm³/mol. The van der Waals surface area contributed by atoms with Crippen LogP contribution in [0.25, 0.3) is 66.6 Å². The van der Waals surface area contributed by atoms with E-state index >= 15 is 0 Å².